The summed E-state index contributed by atoms with van der Waals surface area (Å²) in [6.07, 6.45) is -3.71. The summed E-state index contributed by atoms with van der Waals surface area (Å²) in [6.45, 7) is 1.62. The Balaban J connectivity index is 2.00. The summed E-state index contributed by atoms with van der Waals surface area (Å²) >= 11 is 0. The van der Waals surface area contributed by atoms with Crippen LogP contribution in [0.3, 0.4) is 0 Å². The number of rotatable bonds is 5. The van der Waals surface area contributed by atoms with Crippen molar-refractivity contribution in [3.05, 3.63) is 59.7 Å². The first-order chi connectivity index (χ1) is 10.9. The molecule has 0 atom stereocenters. The predicted octanol–water partition coefficient (Wildman–Crippen LogP) is 4.29. The molecule has 2 aromatic carbocycles. The fraction of sp³-hybridized carbons (Fsp3) is 0.235. The smallest absolute Gasteiger partial charge is 0.418 e. The van der Waals surface area contributed by atoms with Gasteiger partial charge in [-0.2, -0.15) is 13.2 Å². The van der Waals surface area contributed by atoms with Crippen LogP contribution in [0, 0.1) is 0 Å². The largest absolute Gasteiger partial charge is 0.484 e. The molecule has 0 saturated heterocycles. The third-order valence-electron chi connectivity index (χ3n) is 3.18. The second kappa shape index (κ2) is 7.17. The van der Waals surface area contributed by atoms with Gasteiger partial charge < -0.3 is 10.1 Å². The molecule has 0 spiro atoms. The Morgan fingerprint density at radius 3 is 2.57 bits per heavy atom. The van der Waals surface area contributed by atoms with E-state index in [1.807, 2.05) is 13.0 Å². The minimum Gasteiger partial charge on any atom is -0.484 e. The summed E-state index contributed by atoms with van der Waals surface area (Å²) in [5, 5.41) is 2.23. The highest BCUT2D eigenvalue weighted by molar-refractivity contribution is 5.92. The molecular formula is C17H16F3NO2. The van der Waals surface area contributed by atoms with E-state index in [4.69, 9.17) is 4.74 Å². The van der Waals surface area contributed by atoms with Gasteiger partial charge in [0, 0.05) is 0 Å². The zero-order valence-corrected chi connectivity index (χ0v) is 12.5. The number of hydrogen-bond donors (Lipinski definition) is 1. The number of amides is 1. The van der Waals surface area contributed by atoms with Crippen molar-refractivity contribution in [1.82, 2.24) is 0 Å². The van der Waals surface area contributed by atoms with Crippen molar-refractivity contribution in [2.24, 2.45) is 0 Å². The van der Waals surface area contributed by atoms with E-state index in [2.05, 4.69) is 5.32 Å². The molecule has 2 rings (SSSR count). The Labute approximate surface area is 132 Å². The lowest BCUT2D eigenvalue weighted by Crippen LogP contribution is -2.22. The maximum atomic E-state index is 12.9. The van der Waals surface area contributed by atoms with Gasteiger partial charge in [-0.05, 0) is 36.2 Å². The standard InChI is InChI=1S/C17H16F3NO2/c1-2-12-6-5-7-13(10-12)23-11-16(22)21-15-9-4-3-8-14(15)17(18,19)20/h3-10H,2,11H2,1H3,(H,21,22). The topological polar surface area (TPSA) is 38.3 Å². The fourth-order valence-electron chi connectivity index (χ4n) is 2.03. The van der Waals surface area contributed by atoms with E-state index < -0.39 is 17.6 Å². The third-order valence-corrected chi connectivity index (χ3v) is 3.18. The van der Waals surface area contributed by atoms with E-state index in [-0.39, 0.29) is 12.3 Å². The first-order valence-electron chi connectivity index (χ1n) is 7.08. The molecule has 2 aromatic rings. The Morgan fingerprint density at radius 1 is 1.13 bits per heavy atom. The Bertz CT molecular complexity index is 684. The van der Waals surface area contributed by atoms with Crippen LogP contribution in [0.5, 0.6) is 5.75 Å². The SMILES string of the molecule is CCc1cccc(OCC(=O)Nc2ccccc2C(F)(F)F)c1. The molecule has 0 unspecified atom stereocenters. The van der Waals surface area contributed by atoms with Crippen LogP contribution in [0.4, 0.5) is 18.9 Å². The highest BCUT2D eigenvalue weighted by Gasteiger charge is 2.33. The number of aryl methyl sites for hydroxylation is 1. The Hall–Kier alpha value is -2.50. The van der Waals surface area contributed by atoms with Crippen LogP contribution in [0.15, 0.2) is 48.5 Å². The lowest BCUT2D eigenvalue weighted by Gasteiger charge is -2.14. The molecule has 0 bridgehead atoms. The molecule has 122 valence electrons. The molecule has 1 N–H and O–H groups in total. The number of carbonyl (C=O) groups is 1. The Kier molecular flexibility index (Phi) is 5.26. The monoisotopic (exact) mass is 323 g/mol. The van der Waals surface area contributed by atoms with Crippen LogP contribution in [0.25, 0.3) is 0 Å². The van der Waals surface area contributed by atoms with Crippen LogP contribution in [-0.4, -0.2) is 12.5 Å². The molecule has 0 heterocycles. The van der Waals surface area contributed by atoms with Gasteiger partial charge in [0.15, 0.2) is 6.61 Å². The zero-order chi connectivity index (χ0) is 16.9. The second-order valence-corrected chi connectivity index (χ2v) is 4.88. The quantitative estimate of drug-likeness (QED) is 0.891. The number of hydrogen-bond acceptors (Lipinski definition) is 2. The van der Waals surface area contributed by atoms with Gasteiger partial charge >= 0.3 is 6.18 Å². The first-order valence-corrected chi connectivity index (χ1v) is 7.08. The molecule has 23 heavy (non-hydrogen) atoms. The normalized spacial score (nSPS) is 11.1. The summed E-state index contributed by atoms with van der Waals surface area (Å²) in [5.41, 5.74) is -0.123. The average Bonchev–Trinajstić information content (AvgIpc) is 2.52. The van der Waals surface area contributed by atoms with Crippen LogP contribution in [0.1, 0.15) is 18.1 Å². The number of para-hydroxylation sites is 1. The molecule has 0 saturated carbocycles. The van der Waals surface area contributed by atoms with Crippen molar-refractivity contribution in [3.8, 4) is 5.75 Å². The maximum Gasteiger partial charge on any atom is 0.418 e. The van der Waals surface area contributed by atoms with Crippen molar-refractivity contribution < 1.29 is 22.7 Å². The lowest BCUT2D eigenvalue weighted by atomic mass is 10.1. The van der Waals surface area contributed by atoms with Gasteiger partial charge in [-0.1, -0.05) is 31.2 Å². The highest BCUT2D eigenvalue weighted by Crippen LogP contribution is 2.34. The molecule has 0 aliphatic carbocycles. The molecule has 3 nitrogen and oxygen atoms in total. The lowest BCUT2D eigenvalue weighted by molar-refractivity contribution is -0.137. The third kappa shape index (κ3) is 4.74. The van der Waals surface area contributed by atoms with E-state index in [0.717, 1.165) is 18.1 Å². The van der Waals surface area contributed by atoms with Gasteiger partial charge in [0.05, 0.1) is 11.3 Å². The molecule has 0 aliphatic rings. The molecule has 6 heteroatoms. The van der Waals surface area contributed by atoms with Crippen LogP contribution >= 0.6 is 0 Å². The van der Waals surface area contributed by atoms with Crippen molar-refractivity contribution >= 4 is 11.6 Å². The second-order valence-electron chi connectivity index (χ2n) is 4.88. The summed E-state index contributed by atoms with van der Waals surface area (Å²) in [7, 11) is 0. The molecule has 1 amide bonds. The minimum atomic E-state index is -4.53. The van der Waals surface area contributed by atoms with E-state index in [1.54, 1.807) is 18.2 Å². The summed E-state index contributed by atoms with van der Waals surface area (Å²) in [5.74, 6) is -0.146. The molecule has 0 aromatic heterocycles. The van der Waals surface area contributed by atoms with E-state index in [1.165, 1.54) is 18.2 Å². The number of nitrogens with one attached hydrogen (secondary N) is 1. The minimum absolute atomic E-state index is 0.282. The summed E-state index contributed by atoms with van der Waals surface area (Å²) < 4.78 is 43.9. The highest BCUT2D eigenvalue weighted by atomic mass is 19.4. The predicted molar refractivity (Wildman–Crippen MR) is 81.4 cm³/mol. The fourth-order valence-corrected chi connectivity index (χ4v) is 2.03. The van der Waals surface area contributed by atoms with E-state index in [9.17, 15) is 18.0 Å². The van der Waals surface area contributed by atoms with Crippen molar-refractivity contribution in [1.29, 1.82) is 0 Å². The number of carbonyl (C=O) groups excluding carboxylic acids is 1. The summed E-state index contributed by atoms with van der Waals surface area (Å²) in [6, 6.07) is 12.0. The average molecular weight is 323 g/mol. The van der Waals surface area contributed by atoms with Crippen molar-refractivity contribution in [3.63, 3.8) is 0 Å². The van der Waals surface area contributed by atoms with Gasteiger partial charge in [0.1, 0.15) is 5.75 Å². The van der Waals surface area contributed by atoms with Gasteiger partial charge in [-0.15, -0.1) is 0 Å². The van der Waals surface area contributed by atoms with Crippen LogP contribution in [-0.2, 0) is 17.4 Å². The first kappa shape index (κ1) is 16.9. The number of alkyl halides is 3. The van der Waals surface area contributed by atoms with Gasteiger partial charge in [0.25, 0.3) is 5.91 Å². The Morgan fingerprint density at radius 2 is 1.87 bits per heavy atom. The van der Waals surface area contributed by atoms with Crippen molar-refractivity contribution in [2.75, 3.05) is 11.9 Å². The number of halogens is 3. The number of anilines is 1. The van der Waals surface area contributed by atoms with Crippen LogP contribution < -0.4 is 10.1 Å². The van der Waals surface area contributed by atoms with Crippen LogP contribution in [0.2, 0.25) is 0 Å². The maximum absolute atomic E-state index is 12.9. The number of ether oxygens (including phenoxy) is 1. The molecule has 0 fully saturated rings. The van der Waals surface area contributed by atoms with E-state index >= 15 is 0 Å². The van der Waals surface area contributed by atoms with Gasteiger partial charge in [-0.25, -0.2) is 0 Å². The zero-order valence-electron chi connectivity index (χ0n) is 12.5. The summed E-state index contributed by atoms with van der Waals surface area (Å²) in [4.78, 5) is 11.8. The van der Waals surface area contributed by atoms with Crippen molar-refractivity contribution in [2.45, 2.75) is 19.5 Å². The van der Waals surface area contributed by atoms with E-state index in [0.29, 0.717) is 5.75 Å². The van der Waals surface area contributed by atoms with Gasteiger partial charge in [-0.3, -0.25) is 4.79 Å². The molecule has 0 radical (unpaired) electrons. The van der Waals surface area contributed by atoms with Gasteiger partial charge in [0.2, 0.25) is 0 Å². The molecule has 0 aliphatic heterocycles. The number of benzene rings is 2. The molecular weight excluding hydrogens is 307 g/mol.